The zero-order valence-corrected chi connectivity index (χ0v) is 15.5. The highest BCUT2D eigenvalue weighted by Gasteiger charge is 2.35. The van der Waals surface area contributed by atoms with Crippen molar-refractivity contribution in [3.05, 3.63) is 47.8 Å². The fourth-order valence-electron chi connectivity index (χ4n) is 3.37. The van der Waals surface area contributed by atoms with E-state index in [1.54, 1.807) is 17.0 Å². The van der Waals surface area contributed by atoms with Gasteiger partial charge < -0.3 is 24.1 Å². The molecule has 1 aliphatic rings. The molecule has 3 aromatic rings. The van der Waals surface area contributed by atoms with Crippen molar-refractivity contribution in [3.8, 4) is 17.2 Å². The number of nitrogens with one attached hydrogen (secondary N) is 1. The van der Waals surface area contributed by atoms with Gasteiger partial charge in [0.15, 0.2) is 11.5 Å². The summed E-state index contributed by atoms with van der Waals surface area (Å²) in [5.74, 6) is 2.47. The molecular weight excluding hydrogens is 346 g/mol. The summed E-state index contributed by atoms with van der Waals surface area (Å²) in [6.45, 7) is 1.24. The molecule has 0 bridgehead atoms. The summed E-state index contributed by atoms with van der Waals surface area (Å²) >= 11 is 0. The van der Waals surface area contributed by atoms with Gasteiger partial charge in [-0.05, 0) is 24.3 Å². The third kappa shape index (κ3) is 2.95. The maximum absolute atomic E-state index is 12.9. The molecule has 1 N–H and O–H groups in total. The van der Waals surface area contributed by atoms with Crippen LogP contribution in [0.3, 0.4) is 0 Å². The van der Waals surface area contributed by atoms with Crippen molar-refractivity contribution >= 4 is 16.9 Å². The first kappa shape index (κ1) is 17.2. The molecule has 1 aliphatic heterocycles. The number of hydrogen-bond acceptors (Lipinski definition) is 5. The van der Waals surface area contributed by atoms with Crippen molar-refractivity contribution in [1.82, 2.24) is 14.9 Å². The van der Waals surface area contributed by atoms with Crippen molar-refractivity contribution in [1.29, 1.82) is 0 Å². The van der Waals surface area contributed by atoms with E-state index in [9.17, 15) is 4.79 Å². The van der Waals surface area contributed by atoms with Crippen LogP contribution in [0.5, 0.6) is 17.2 Å². The third-order valence-electron chi connectivity index (χ3n) is 4.87. The van der Waals surface area contributed by atoms with E-state index >= 15 is 0 Å². The molecule has 7 nitrogen and oxygen atoms in total. The Morgan fingerprint density at radius 1 is 1.07 bits per heavy atom. The number of aromatic nitrogens is 2. The maximum atomic E-state index is 12.9. The number of ether oxygens (including phenoxy) is 3. The molecule has 4 rings (SSSR count). The average molecular weight is 367 g/mol. The molecule has 1 fully saturated rings. The number of para-hydroxylation sites is 2. The van der Waals surface area contributed by atoms with Gasteiger partial charge in [-0.3, -0.25) is 4.79 Å². The van der Waals surface area contributed by atoms with E-state index in [0.29, 0.717) is 35.9 Å². The highest BCUT2D eigenvalue weighted by molar-refractivity contribution is 5.96. The second-order valence-corrected chi connectivity index (χ2v) is 6.46. The Morgan fingerprint density at radius 3 is 2.33 bits per heavy atom. The first-order valence-electron chi connectivity index (χ1n) is 8.68. The van der Waals surface area contributed by atoms with E-state index in [-0.39, 0.29) is 11.8 Å². The Morgan fingerprint density at radius 2 is 1.74 bits per heavy atom. The Labute approximate surface area is 156 Å². The zero-order chi connectivity index (χ0) is 19.0. The number of aromatic amines is 1. The van der Waals surface area contributed by atoms with Crippen molar-refractivity contribution in [2.75, 3.05) is 34.4 Å². The number of carbonyl (C=O) groups excluding carboxylic acids is 1. The van der Waals surface area contributed by atoms with Gasteiger partial charge in [-0.15, -0.1) is 0 Å². The summed E-state index contributed by atoms with van der Waals surface area (Å²) in [5.41, 5.74) is 2.47. The predicted molar refractivity (Wildman–Crippen MR) is 101 cm³/mol. The Hall–Kier alpha value is -3.22. The number of rotatable bonds is 5. The van der Waals surface area contributed by atoms with Crippen molar-refractivity contribution < 1.29 is 19.0 Å². The van der Waals surface area contributed by atoms with Crippen LogP contribution in [-0.2, 0) is 0 Å². The zero-order valence-electron chi connectivity index (χ0n) is 15.5. The Kier molecular flexibility index (Phi) is 4.35. The minimum absolute atomic E-state index is 0.0679. The van der Waals surface area contributed by atoms with Gasteiger partial charge in [-0.2, -0.15) is 0 Å². The summed E-state index contributed by atoms with van der Waals surface area (Å²) in [5, 5.41) is 0. The molecule has 140 valence electrons. The van der Waals surface area contributed by atoms with Gasteiger partial charge in [0.1, 0.15) is 5.82 Å². The van der Waals surface area contributed by atoms with E-state index in [2.05, 4.69) is 9.97 Å². The lowest BCUT2D eigenvalue weighted by molar-refractivity contribution is 0.0595. The van der Waals surface area contributed by atoms with Crippen LogP contribution in [0.2, 0.25) is 0 Å². The van der Waals surface area contributed by atoms with Crippen LogP contribution in [0, 0.1) is 0 Å². The quantitative estimate of drug-likeness (QED) is 0.750. The molecule has 1 saturated heterocycles. The minimum Gasteiger partial charge on any atom is -0.493 e. The smallest absolute Gasteiger partial charge is 0.254 e. The predicted octanol–water partition coefficient (Wildman–Crippen LogP) is 2.83. The van der Waals surface area contributed by atoms with Crippen LogP contribution in [0.15, 0.2) is 36.4 Å². The van der Waals surface area contributed by atoms with Crippen LogP contribution in [-0.4, -0.2) is 55.2 Å². The van der Waals surface area contributed by atoms with Crippen LogP contribution >= 0.6 is 0 Å². The average Bonchev–Trinajstić information content (AvgIpc) is 3.08. The van der Waals surface area contributed by atoms with E-state index in [0.717, 1.165) is 16.9 Å². The fourth-order valence-corrected chi connectivity index (χ4v) is 3.37. The lowest BCUT2D eigenvalue weighted by atomic mass is 9.98. The fraction of sp³-hybridized carbons (Fsp3) is 0.300. The summed E-state index contributed by atoms with van der Waals surface area (Å²) in [6, 6.07) is 11.3. The SMILES string of the molecule is COc1cc(C(=O)N2CC(c3nc4ccccc4[nH]3)C2)cc(OC)c1OC. The molecule has 0 aliphatic carbocycles. The molecule has 1 aromatic heterocycles. The summed E-state index contributed by atoms with van der Waals surface area (Å²) in [4.78, 5) is 22.6. The van der Waals surface area contributed by atoms with Crippen LogP contribution in [0.1, 0.15) is 22.1 Å². The van der Waals surface area contributed by atoms with E-state index < -0.39 is 0 Å². The largest absolute Gasteiger partial charge is 0.493 e. The van der Waals surface area contributed by atoms with Crippen LogP contribution < -0.4 is 14.2 Å². The number of imidazole rings is 1. The molecule has 0 radical (unpaired) electrons. The topological polar surface area (TPSA) is 76.7 Å². The van der Waals surface area contributed by atoms with Crippen molar-refractivity contribution in [2.24, 2.45) is 0 Å². The monoisotopic (exact) mass is 367 g/mol. The van der Waals surface area contributed by atoms with Crippen molar-refractivity contribution in [2.45, 2.75) is 5.92 Å². The molecule has 2 aromatic carbocycles. The van der Waals surface area contributed by atoms with Crippen LogP contribution in [0.25, 0.3) is 11.0 Å². The summed E-state index contributed by atoms with van der Waals surface area (Å²) in [7, 11) is 4.61. The molecule has 1 amide bonds. The molecule has 0 unspecified atom stereocenters. The summed E-state index contributed by atoms with van der Waals surface area (Å²) < 4.78 is 16.0. The number of carbonyl (C=O) groups is 1. The summed E-state index contributed by atoms with van der Waals surface area (Å²) in [6.07, 6.45) is 0. The van der Waals surface area contributed by atoms with Crippen LogP contribution in [0.4, 0.5) is 0 Å². The Bertz CT molecular complexity index is 934. The normalized spacial score (nSPS) is 14.1. The molecule has 0 spiro atoms. The van der Waals surface area contributed by atoms with Gasteiger partial charge in [0.2, 0.25) is 5.75 Å². The number of fused-ring (bicyclic) bond motifs is 1. The highest BCUT2D eigenvalue weighted by atomic mass is 16.5. The minimum atomic E-state index is -0.0679. The molecule has 2 heterocycles. The third-order valence-corrected chi connectivity index (χ3v) is 4.87. The molecular formula is C20H21N3O4. The van der Waals surface area contributed by atoms with Gasteiger partial charge in [0.25, 0.3) is 5.91 Å². The second-order valence-electron chi connectivity index (χ2n) is 6.46. The first-order chi connectivity index (χ1) is 13.1. The van der Waals surface area contributed by atoms with E-state index in [1.165, 1.54) is 21.3 Å². The number of nitrogens with zero attached hydrogens (tertiary/aromatic N) is 2. The number of hydrogen-bond donors (Lipinski definition) is 1. The lowest BCUT2D eigenvalue weighted by Crippen LogP contribution is -2.48. The van der Waals surface area contributed by atoms with Gasteiger partial charge in [-0.25, -0.2) is 4.98 Å². The number of amides is 1. The maximum Gasteiger partial charge on any atom is 0.254 e. The molecule has 27 heavy (non-hydrogen) atoms. The van der Waals surface area contributed by atoms with Gasteiger partial charge in [-0.1, -0.05) is 12.1 Å². The molecule has 0 atom stereocenters. The molecule has 0 saturated carbocycles. The highest BCUT2D eigenvalue weighted by Crippen LogP contribution is 2.39. The van der Waals surface area contributed by atoms with Gasteiger partial charge in [0, 0.05) is 18.7 Å². The van der Waals surface area contributed by atoms with Gasteiger partial charge in [0.05, 0.1) is 38.3 Å². The van der Waals surface area contributed by atoms with E-state index in [4.69, 9.17) is 14.2 Å². The lowest BCUT2D eigenvalue weighted by Gasteiger charge is -2.38. The first-order valence-corrected chi connectivity index (χ1v) is 8.68. The number of likely N-dealkylation sites (tertiary alicyclic amines) is 1. The standard InChI is InChI=1S/C20H21N3O4/c1-25-16-8-12(9-17(26-2)18(16)27-3)20(24)23-10-13(11-23)19-21-14-6-4-5-7-15(14)22-19/h4-9,13H,10-11H2,1-3H3,(H,21,22). The number of benzene rings is 2. The van der Waals surface area contributed by atoms with Gasteiger partial charge >= 0.3 is 0 Å². The Balaban J connectivity index is 1.51. The number of methoxy groups -OCH3 is 3. The number of H-pyrrole nitrogens is 1. The second kappa shape index (κ2) is 6.83. The van der Waals surface area contributed by atoms with Crippen molar-refractivity contribution in [3.63, 3.8) is 0 Å². The molecule has 7 heteroatoms. The van der Waals surface area contributed by atoms with E-state index in [1.807, 2.05) is 24.3 Å².